The number of amides is 1. The van der Waals surface area contributed by atoms with Crippen molar-refractivity contribution in [2.45, 2.75) is 37.6 Å². The Balaban J connectivity index is 2.01. The Labute approximate surface area is 93.8 Å². The number of aryl methyl sites for hydroxylation is 1. The molecular weight excluding hydrogens is 214 g/mol. The number of nitrogens with one attached hydrogen (secondary N) is 1. The van der Waals surface area contributed by atoms with Crippen LogP contribution in [0.15, 0.2) is 16.7 Å². The molecule has 1 aromatic heterocycles. The van der Waals surface area contributed by atoms with Crippen LogP contribution in [0.1, 0.15) is 35.4 Å². The zero-order chi connectivity index (χ0) is 10.8. The summed E-state index contributed by atoms with van der Waals surface area (Å²) in [7, 11) is 0. The van der Waals surface area contributed by atoms with Gasteiger partial charge in [0, 0.05) is 11.6 Å². The standard InChI is InChI=1S/C11H14ClNO2/c1-7-5-6-15-10(7)11(14)13-9-4-2-3-8(9)12/h5-6,8-9H,2-4H2,1H3,(H,13,14). The number of hydrogen-bond donors (Lipinski definition) is 1. The highest BCUT2D eigenvalue weighted by Gasteiger charge is 2.27. The fraction of sp³-hybridized carbons (Fsp3) is 0.545. The van der Waals surface area contributed by atoms with Crippen LogP contribution in [0.2, 0.25) is 0 Å². The van der Waals surface area contributed by atoms with E-state index in [0.717, 1.165) is 24.8 Å². The van der Waals surface area contributed by atoms with Gasteiger partial charge in [-0.1, -0.05) is 0 Å². The lowest BCUT2D eigenvalue weighted by atomic mass is 10.2. The van der Waals surface area contributed by atoms with Crippen molar-refractivity contribution in [3.05, 3.63) is 23.7 Å². The predicted molar refractivity (Wildman–Crippen MR) is 58.2 cm³/mol. The van der Waals surface area contributed by atoms with E-state index in [2.05, 4.69) is 5.32 Å². The molecule has 15 heavy (non-hydrogen) atoms. The fourth-order valence-corrected chi connectivity index (χ4v) is 2.26. The first-order valence-corrected chi connectivity index (χ1v) is 5.61. The Hall–Kier alpha value is -0.960. The van der Waals surface area contributed by atoms with E-state index >= 15 is 0 Å². The smallest absolute Gasteiger partial charge is 0.287 e. The maximum atomic E-state index is 11.8. The molecule has 0 radical (unpaired) electrons. The molecule has 1 aliphatic rings. The summed E-state index contributed by atoms with van der Waals surface area (Å²) in [6.07, 6.45) is 4.54. The Bertz CT molecular complexity index is 361. The van der Waals surface area contributed by atoms with Crippen molar-refractivity contribution in [2.75, 3.05) is 0 Å². The lowest BCUT2D eigenvalue weighted by Gasteiger charge is -2.14. The first kappa shape index (κ1) is 10.6. The lowest BCUT2D eigenvalue weighted by Crippen LogP contribution is -2.37. The highest BCUT2D eigenvalue weighted by Crippen LogP contribution is 2.24. The summed E-state index contributed by atoms with van der Waals surface area (Å²) < 4.78 is 5.12. The molecule has 0 bridgehead atoms. The van der Waals surface area contributed by atoms with Crippen LogP contribution in [0.5, 0.6) is 0 Å². The minimum absolute atomic E-state index is 0.0595. The van der Waals surface area contributed by atoms with Crippen LogP contribution in [0.3, 0.4) is 0 Å². The van der Waals surface area contributed by atoms with Crippen molar-refractivity contribution < 1.29 is 9.21 Å². The van der Waals surface area contributed by atoms with E-state index in [1.807, 2.05) is 6.92 Å². The fourth-order valence-electron chi connectivity index (χ4n) is 1.92. The molecule has 1 saturated carbocycles. The van der Waals surface area contributed by atoms with E-state index in [1.54, 1.807) is 6.07 Å². The summed E-state index contributed by atoms with van der Waals surface area (Å²) in [5.74, 6) is 0.237. The van der Waals surface area contributed by atoms with Crippen molar-refractivity contribution in [1.82, 2.24) is 5.32 Å². The number of rotatable bonds is 2. The summed E-state index contributed by atoms with van der Waals surface area (Å²) in [4.78, 5) is 11.8. The number of hydrogen-bond acceptors (Lipinski definition) is 2. The Kier molecular flexibility index (Phi) is 3.00. The molecule has 1 heterocycles. The van der Waals surface area contributed by atoms with Gasteiger partial charge in [0.1, 0.15) is 0 Å². The molecule has 1 aromatic rings. The molecule has 1 fully saturated rings. The van der Waals surface area contributed by atoms with Crippen molar-refractivity contribution in [1.29, 1.82) is 0 Å². The van der Waals surface area contributed by atoms with Gasteiger partial charge in [0.2, 0.25) is 0 Å². The number of carbonyl (C=O) groups is 1. The molecule has 1 N–H and O–H groups in total. The minimum atomic E-state index is -0.157. The van der Waals surface area contributed by atoms with Gasteiger partial charge in [0.25, 0.3) is 5.91 Å². The van der Waals surface area contributed by atoms with E-state index < -0.39 is 0 Å². The Morgan fingerprint density at radius 2 is 2.40 bits per heavy atom. The summed E-state index contributed by atoms with van der Waals surface area (Å²) in [6, 6.07) is 1.87. The maximum absolute atomic E-state index is 11.8. The molecular formula is C11H14ClNO2. The predicted octanol–water partition coefficient (Wildman–Crippen LogP) is 2.48. The average molecular weight is 228 g/mol. The van der Waals surface area contributed by atoms with Crippen molar-refractivity contribution in [3.8, 4) is 0 Å². The average Bonchev–Trinajstić information content (AvgIpc) is 2.76. The summed E-state index contributed by atoms with van der Waals surface area (Å²) in [5, 5.41) is 2.97. The molecule has 3 nitrogen and oxygen atoms in total. The third-order valence-electron chi connectivity index (χ3n) is 2.82. The quantitative estimate of drug-likeness (QED) is 0.789. The Morgan fingerprint density at radius 1 is 1.60 bits per heavy atom. The monoisotopic (exact) mass is 227 g/mol. The maximum Gasteiger partial charge on any atom is 0.287 e. The van der Waals surface area contributed by atoms with Crippen LogP contribution in [-0.2, 0) is 0 Å². The van der Waals surface area contributed by atoms with Crippen LogP contribution in [-0.4, -0.2) is 17.3 Å². The largest absolute Gasteiger partial charge is 0.459 e. The normalized spacial score (nSPS) is 25.5. The van der Waals surface area contributed by atoms with Gasteiger partial charge in [-0.3, -0.25) is 4.79 Å². The van der Waals surface area contributed by atoms with Crippen LogP contribution in [0.25, 0.3) is 0 Å². The number of alkyl halides is 1. The van der Waals surface area contributed by atoms with Crippen LogP contribution in [0.4, 0.5) is 0 Å². The first-order valence-electron chi connectivity index (χ1n) is 5.17. The number of halogens is 1. The van der Waals surface area contributed by atoms with Gasteiger partial charge in [-0.05, 0) is 32.3 Å². The molecule has 82 valence electrons. The lowest BCUT2D eigenvalue weighted by molar-refractivity contribution is 0.0909. The van der Waals surface area contributed by atoms with Gasteiger partial charge < -0.3 is 9.73 Å². The molecule has 0 spiro atoms. The highest BCUT2D eigenvalue weighted by molar-refractivity contribution is 6.21. The van der Waals surface area contributed by atoms with E-state index in [9.17, 15) is 4.79 Å². The molecule has 4 heteroatoms. The van der Waals surface area contributed by atoms with E-state index in [-0.39, 0.29) is 17.3 Å². The molecule has 1 amide bonds. The highest BCUT2D eigenvalue weighted by atomic mass is 35.5. The van der Waals surface area contributed by atoms with Crippen LogP contribution < -0.4 is 5.32 Å². The molecule has 2 unspecified atom stereocenters. The zero-order valence-corrected chi connectivity index (χ0v) is 9.38. The van der Waals surface area contributed by atoms with E-state index in [1.165, 1.54) is 6.26 Å². The third kappa shape index (κ3) is 2.17. The number of carbonyl (C=O) groups excluding carboxylic acids is 1. The molecule has 0 aliphatic heterocycles. The minimum Gasteiger partial charge on any atom is -0.459 e. The molecule has 1 aliphatic carbocycles. The summed E-state index contributed by atoms with van der Waals surface area (Å²) in [6.45, 7) is 1.85. The molecule has 2 rings (SSSR count). The summed E-state index contributed by atoms with van der Waals surface area (Å²) in [5.41, 5.74) is 0.858. The Morgan fingerprint density at radius 3 is 2.93 bits per heavy atom. The molecule has 0 saturated heterocycles. The van der Waals surface area contributed by atoms with E-state index in [0.29, 0.717) is 5.76 Å². The third-order valence-corrected chi connectivity index (χ3v) is 3.34. The van der Waals surface area contributed by atoms with Gasteiger partial charge in [-0.15, -0.1) is 11.6 Å². The van der Waals surface area contributed by atoms with Crippen LogP contribution >= 0.6 is 11.6 Å². The topological polar surface area (TPSA) is 42.2 Å². The second-order valence-corrected chi connectivity index (χ2v) is 4.52. The van der Waals surface area contributed by atoms with Crippen molar-refractivity contribution >= 4 is 17.5 Å². The molecule has 0 aromatic carbocycles. The zero-order valence-electron chi connectivity index (χ0n) is 8.63. The van der Waals surface area contributed by atoms with Gasteiger partial charge in [0.15, 0.2) is 5.76 Å². The SMILES string of the molecule is Cc1ccoc1C(=O)NC1CCCC1Cl. The van der Waals surface area contributed by atoms with Gasteiger partial charge in [-0.2, -0.15) is 0 Å². The second kappa shape index (κ2) is 4.27. The van der Waals surface area contributed by atoms with Gasteiger partial charge in [-0.25, -0.2) is 0 Å². The number of furan rings is 1. The summed E-state index contributed by atoms with van der Waals surface area (Å²) >= 11 is 6.08. The first-order chi connectivity index (χ1) is 7.18. The molecule has 2 atom stereocenters. The second-order valence-electron chi connectivity index (χ2n) is 3.96. The van der Waals surface area contributed by atoms with Gasteiger partial charge >= 0.3 is 0 Å². The van der Waals surface area contributed by atoms with E-state index in [4.69, 9.17) is 16.0 Å². The van der Waals surface area contributed by atoms with Crippen LogP contribution in [0, 0.1) is 6.92 Å². The van der Waals surface area contributed by atoms with Crippen molar-refractivity contribution in [2.24, 2.45) is 0 Å². The van der Waals surface area contributed by atoms with Crippen molar-refractivity contribution in [3.63, 3.8) is 0 Å². The van der Waals surface area contributed by atoms with Gasteiger partial charge in [0.05, 0.1) is 11.6 Å².